The lowest BCUT2D eigenvalue weighted by molar-refractivity contribution is 0.482. The molecule has 0 saturated heterocycles. The summed E-state index contributed by atoms with van der Waals surface area (Å²) in [6.07, 6.45) is 3.13. The van der Waals surface area contributed by atoms with Crippen molar-refractivity contribution in [3.63, 3.8) is 0 Å². The molecule has 0 unspecified atom stereocenters. The molecule has 0 N–H and O–H groups in total. The molecule has 7 heteroatoms. The van der Waals surface area contributed by atoms with Crippen molar-refractivity contribution in [1.82, 2.24) is 18.7 Å². The standard InChI is InChI=1S/C23H18N4O3/c28-22-20-21(24-16-25(20)14-17-8-3-1-4-9-17)27(18-10-5-2-6-11-18)23(29)26(22)15-19-12-7-13-30-19/h1-13,16H,14-15H2. The SMILES string of the molecule is O=c1c2c(ncn2Cc2ccccc2)n(-c2ccccc2)c(=O)n1Cc1ccco1. The highest BCUT2D eigenvalue weighted by Crippen LogP contribution is 2.15. The Morgan fingerprint density at radius 1 is 0.833 bits per heavy atom. The molecule has 3 heterocycles. The van der Waals surface area contributed by atoms with E-state index in [-0.39, 0.29) is 6.54 Å². The van der Waals surface area contributed by atoms with Crippen molar-refractivity contribution < 1.29 is 4.42 Å². The van der Waals surface area contributed by atoms with Gasteiger partial charge in [-0.15, -0.1) is 0 Å². The second-order valence-corrected chi connectivity index (χ2v) is 6.95. The molecule has 0 bridgehead atoms. The van der Waals surface area contributed by atoms with Gasteiger partial charge in [-0.2, -0.15) is 0 Å². The average molecular weight is 398 g/mol. The minimum absolute atomic E-state index is 0.0456. The van der Waals surface area contributed by atoms with E-state index >= 15 is 0 Å². The molecule has 0 atom stereocenters. The molecule has 5 aromatic rings. The van der Waals surface area contributed by atoms with E-state index in [1.54, 1.807) is 23.0 Å². The van der Waals surface area contributed by atoms with E-state index in [1.807, 2.05) is 60.7 Å². The van der Waals surface area contributed by atoms with Crippen LogP contribution >= 0.6 is 0 Å². The zero-order valence-electron chi connectivity index (χ0n) is 16.0. The summed E-state index contributed by atoms with van der Waals surface area (Å²) in [5, 5.41) is 0. The van der Waals surface area contributed by atoms with Crippen molar-refractivity contribution in [1.29, 1.82) is 0 Å². The van der Waals surface area contributed by atoms with Crippen LogP contribution in [0.3, 0.4) is 0 Å². The fraction of sp³-hybridized carbons (Fsp3) is 0.0870. The molecule has 2 aromatic carbocycles. The fourth-order valence-corrected chi connectivity index (χ4v) is 3.59. The largest absolute Gasteiger partial charge is 0.467 e. The van der Waals surface area contributed by atoms with E-state index in [1.165, 1.54) is 15.4 Å². The van der Waals surface area contributed by atoms with Crippen molar-refractivity contribution in [3.8, 4) is 5.69 Å². The van der Waals surface area contributed by atoms with Crippen molar-refractivity contribution in [3.05, 3.63) is 118 Å². The summed E-state index contributed by atoms with van der Waals surface area (Å²) in [5.74, 6) is 0.530. The van der Waals surface area contributed by atoms with Gasteiger partial charge in [-0.1, -0.05) is 48.5 Å². The smallest absolute Gasteiger partial charge is 0.337 e. The Kier molecular flexibility index (Phi) is 4.40. The second kappa shape index (κ2) is 7.36. The number of benzene rings is 2. The van der Waals surface area contributed by atoms with Crippen molar-refractivity contribution in [2.45, 2.75) is 13.1 Å². The van der Waals surface area contributed by atoms with Crippen LogP contribution in [-0.4, -0.2) is 18.7 Å². The van der Waals surface area contributed by atoms with Crippen LogP contribution in [0.5, 0.6) is 0 Å². The molecule has 0 aliphatic carbocycles. The summed E-state index contributed by atoms with van der Waals surface area (Å²) in [7, 11) is 0. The van der Waals surface area contributed by atoms with E-state index in [2.05, 4.69) is 4.98 Å². The summed E-state index contributed by atoms with van der Waals surface area (Å²) < 4.78 is 9.83. The molecular formula is C23H18N4O3. The molecule has 0 aliphatic heterocycles. The third-order valence-electron chi connectivity index (χ3n) is 5.00. The van der Waals surface area contributed by atoms with Crippen LogP contribution < -0.4 is 11.2 Å². The number of rotatable bonds is 5. The molecule has 0 fully saturated rings. The lowest BCUT2D eigenvalue weighted by atomic mass is 10.2. The molecule has 3 aromatic heterocycles. The predicted molar refractivity (Wildman–Crippen MR) is 113 cm³/mol. The zero-order valence-corrected chi connectivity index (χ0v) is 16.0. The highest BCUT2D eigenvalue weighted by atomic mass is 16.3. The van der Waals surface area contributed by atoms with Gasteiger partial charge < -0.3 is 8.98 Å². The highest BCUT2D eigenvalue weighted by molar-refractivity contribution is 5.72. The van der Waals surface area contributed by atoms with E-state index < -0.39 is 11.2 Å². The summed E-state index contributed by atoms with van der Waals surface area (Å²) >= 11 is 0. The molecule has 7 nitrogen and oxygen atoms in total. The van der Waals surface area contributed by atoms with E-state index in [0.717, 1.165) is 5.56 Å². The monoisotopic (exact) mass is 398 g/mol. The quantitative estimate of drug-likeness (QED) is 0.456. The first-order valence-corrected chi connectivity index (χ1v) is 9.55. The molecular weight excluding hydrogens is 380 g/mol. The van der Waals surface area contributed by atoms with E-state index in [9.17, 15) is 9.59 Å². The Balaban J connectivity index is 1.78. The number of fused-ring (bicyclic) bond motifs is 1. The summed E-state index contributed by atoms with van der Waals surface area (Å²) in [5.41, 5.74) is 1.53. The third-order valence-corrected chi connectivity index (χ3v) is 5.00. The molecule has 0 aliphatic rings. The fourth-order valence-electron chi connectivity index (χ4n) is 3.59. The zero-order chi connectivity index (χ0) is 20.5. The number of furan rings is 1. The van der Waals surface area contributed by atoms with Crippen molar-refractivity contribution >= 4 is 11.2 Å². The first-order valence-electron chi connectivity index (χ1n) is 9.55. The Hall–Kier alpha value is -4.13. The number of aromatic nitrogens is 4. The molecule has 0 saturated carbocycles. The van der Waals surface area contributed by atoms with Gasteiger partial charge in [0.25, 0.3) is 5.56 Å². The molecule has 30 heavy (non-hydrogen) atoms. The molecule has 0 amide bonds. The Bertz CT molecular complexity index is 1410. The molecule has 5 rings (SSSR count). The molecule has 148 valence electrons. The van der Waals surface area contributed by atoms with Crippen molar-refractivity contribution in [2.75, 3.05) is 0 Å². The maximum atomic E-state index is 13.4. The van der Waals surface area contributed by atoms with Crippen LogP contribution in [0.15, 0.2) is 99.4 Å². The van der Waals surface area contributed by atoms with Crippen LogP contribution in [-0.2, 0) is 13.1 Å². The first-order chi connectivity index (χ1) is 14.7. The van der Waals surface area contributed by atoms with Gasteiger partial charge in [0.15, 0.2) is 11.2 Å². The van der Waals surface area contributed by atoms with Crippen molar-refractivity contribution in [2.24, 2.45) is 0 Å². The summed E-state index contributed by atoms with van der Waals surface area (Å²) in [6.45, 7) is 0.518. The predicted octanol–water partition coefficient (Wildman–Crippen LogP) is 3.04. The van der Waals surface area contributed by atoms with Gasteiger partial charge >= 0.3 is 5.69 Å². The van der Waals surface area contributed by atoms with Gasteiger partial charge in [-0.05, 0) is 29.8 Å². The Morgan fingerprint density at radius 2 is 1.57 bits per heavy atom. The average Bonchev–Trinajstić information content (AvgIpc) is 3.43. The Morgan fingerprint density at radius 3 is 2.27 bits per heavy atom. The number of imidazole rings is 1. The number of nitrogens with zero attached hydrogens (tertiary/aromatic N) is 4. The second-order valence-electron chi connectivity index (χ2n) is 6.95. The van der Waals surface area contributed by atoms with E-state index in [4.69, 9.17) is 4.42 Å². The number of hydrogen-bond donors (Lipinski definition) is 0. The number of para-hydroxylation sites is 1. The Labute approximate surface area is 171 Å². The van der Waals surface area contributed by atoms with Crippen LogP contribution in [0.1, 0.15) is 11.3 Å². The third kappa shape index (κ3) is 3.06. The summed E-state index contributed by atoms with van der Waals surface area (Å²) in [6, 6.07) is 22.5. The van der Waals surface area contributed by atoms with E-state index in [0.29, 0.717) is 29.2 Å². The summed E-state index contributed by atoms with van der Waals surface area (Å²) in [4.78, 5) is 31.2. The van der Waals surface area contributed by atoms with Gasteiger partial charge in [0.1, 0.15) is 5.76 Å². The van der Waals surface area contributed by atoms with Crippen LogP contribution in [0.2, 0.25) is 0 Å². The number of hydrogen-bond acceptors (Lipinski definition) is 4. The van der Waals surface area contributed by atoms with Gasteiger partial charge in [0, 0.05) is 6.54 Å². The minimum Gasteiger partial charge on any atom is -0.467 e. The van der Waals surface area contributed by atoms with Crippen LogP contribution in [0.4, 0.5) is 0 Å². The maximum absolute atomic E-state index is 13.4. The first kappa shape index (κ1) is 17.9. The maximum Gasteiger partial charge on any atom is 0.337 e. The normalized spacial score (nSPS) is 11.2. The highest BCUT2D eigenvalue weighted by Gasteiger charge is 2.20. The lowest BCUT2D eigenvalue weighted by Crippen LogP contribution is -2.40. The van der Waals surface area contributed by atoms with Crippen LogP contribution in [0, 0.1) is 0 Å². The van der Waals surface area contributed by atoms with Gasteiger partial charge in [0.2, 0.25) is 0 Å². The van der Waals surface area contributed by atoms with Gasteiger partial charge in [-0.25, -0.2) is 14.3 Å². The van der Waals surface area contributed by atoms with Gasteiger partial charge in [-0.3, -0.25) is 9.36 Å². The molecule has 0 spiro atoms. The lowest BCUT2D eigenvalue weighted by Gasteiger charge is -2.12. The minimum atomic E-state index is -0.458. The van der Waals surface area contributed by atoms with Crippen LogP contribution in [0.25, 0.3) is 16.9 Å². The molecule has 0 radical (unpaired) electrons. The topological polar surface area (TPSA) is 75.0 Å². The van der Waals surface area contributed by atoms with Gasteiger partial charge in [0.05, 0.1) is 24.8 Å².